The fourth-order valence-electron chi connectivity index (χ4n) is 3.87. The molecule has 1 saturated heterocycles. The Labute approximate surface area is 179 Å². The molecule has 0 aliphatic carbocycles. The van der Waals surface area contributed by atoms with Crippen LogP contribution in [0.5, 0.6) is 0 Å². The highest BCUT2D eigenvalue weighted by molar-refractivity contribution is 7.88. The first-order valence-corrected chi connectivity index (χ1v) is 12.3. The number of amides is 1. The standard InChI is InChI=1S/C23H31N3O3S/c1-25(30(2,28)29)22(19-11-5-3-6-12-19)23(27)24-17-20-13-7-8-14-21(20)18-26-15-9-4-10-16-26/h3,5-8,11-14,22H,4,9-10,15-18H2,1-2H3,(H,24,27). The van der Waals surface area contributed by atoms with Gasteiger partial charge in [-0.3, -0.25) is 9.69 Å². The molecule has 1 aliphatic rings. The Hall–Kier alpha value is -2.22. The monoisotopic (exact) mass is 429 g/mol. The average Bonchev–Trinajstić information content (AvgIpc) is 2.74. The lowest BCUT2D eigenvalue weighted by molar-refractivity contribution is -0.125. The van der Waals surface area contributed by atoms with Gasteiger partial charge in [-0.15, -0.1) is 0 Å². The lowest BCUT2D eigenvalue weighted by atomic mass is 10.0. The second kappa shape index (κ2) is 10.2. The van der Waals surface area contributed by atoms with Crippen molar-refractivity contribution in [2.75, 3.05) is 26.4 Å². The summed E-state index contributed by atoms with van der Waals surface area (Å²) in [6.45, 7) is 3.45. The minimum Gasteiger partial charge on any atom is -0.350 e. The maximum absolute atomic E-state index is 13.1. The van der Waals surface area contributed by atoms with Crippen molar-refractivity contribution in [3.05, 3.63) is 71.3 Å². The van der Waals surface area contributed by atoms with Crippen LogP contribution >= 0.6 is 0 Å². The van der Waals surface area contributed by atoms with Crippen molar-refractivity contribution in [3.8, 4) is 0 Å². The number of benzene rings is 2. The molecule has 0 aromatic heterocycles. The molecular weight excluding hydrogens is 398 g/mol. The molecular formula is C23H31N3O3S. The summed E-state index contributed by atoms with van der Waals surface area (Å²) in [5.41, 5.74) is 2.90. The van der Waals surface area contributed by atoms with E-state index in [1.807, 2.05) is 24.3 Å². The summed E-state index contributed by atoms with van der Waals surface area (Å²) in [4.78, 5) is 15.5. The Kier molecular flexibility index (Phi) is 7.64. The van der Waals surface area contributed by atoms with Crippen molar-refractivity contribution in [2.24, 2.45) is 0 Å². The molecule has 0 saturated carbocycles. The van der Waals surface area contributed by atoms with Crippen LogP contribution in [0, 0.1) is 0 Å². The maximum Gasteiger partial charge on any atom is 0.243 e. The van der Waals surface area contributed by atoms with Gasteiger partial charge >= 0.3 is 0 Å². The normalized spacial score (nSPS) is 16.4. The fourth-order valence-corrected chi connectivity index (χ4v) is 4.48. The molecule has 1 atom stereocenters. The molecule has 1 aliphatic heterocycles. The van der Waals surface area contributed by atoms with Crippen molar-refractivity contribution >= 4 is 15.9 Å². The van der Waals surface area contributed by atoms with Gasteiger partial charge in [0.25, 0.3) is 0 Å². The van der Waals surface area contributed by atoms with E-state index in [0.29, 0.717) is 12.1 Å². The molecule has 1 N–H and O–H groups in total. The molecule has 1 heterocycles. The number of piperidine rings is 1. The topological polar surface area (TPSA) is 69.7 Å². The highest BCUT2D eigenvalue weighted by atomic mass is 32.2. The van der Waals surface area contributed by atoms with Gasteiger partial charge in [-0.05, 0) is 42.6 Å². The molecule has 0 radical (unpaired) electrons. The number of nitrogens with zero attached hydrogens (tertiary/aromatic N) is 2. The van der Waals surface area contributed by atoms with Crippen LogP contribution < -0.4 is 5.32 Å². The van der Waals surface area contributed by atoms with E-state index in [1.54, 1.807) is 24.3 Å². The zero-order valence-corrected chi connectivity index (χ0v) is 18.6. The van der Waals surface area contributed by atoms with Gasteiger partial charge in [0.1, 0.15) is 6.04 Å². The third kappa shape index (κ3) is 5.90. The molecule has 0 spiro atoms. The molecule has 3 rings (SSSR count). The first kappa shape index (κ1) is 22.5. The average molecular weight is 430 g/mol. The van der Waals surface area contributed by atoms with Crippen molar-refractivity contribution in [1.29, 1.82) is 0 Å². The van der Waals surface area contributed by atoms with Crippen LogP contribution in [0.1, 0.15) is 42.0 Å². The number of likely N-dealkylation sites (N-methyl/N-ethyl adjacent to an activating group) is 1. The Morgan fingerprint density at radius 3 is 2.23 bits per heavy atom. The summed E-state index contributed by atoms with van der Waals surface area (Å²) >= 11 is 0. The Morgan fingerprint density at radius 1 is 1.00 bits per heavy atom. The van der Waals surface area contributed by atoms with E-state index in [9.17, 15) is 13.2 Å². The maximum atomic E-state index is 13.1. The van der Waals surface area contributed by atoms with E-state index in [4.69, 9.17) is 0 Å². The lowest BCUT2D eigenvalue weighted by Crippen LogP contribution is -2.41. The van der Waals surface area contributed by atoms with Gasteiger partial charge in [0.2, 0.25) is 15.9 Å². The first-order valence-electron chi connectivity index (χ1n) is 10.4. The summed E-state index contributed by atoms with van der Waals surface area (Å²) in [6.07, 6.45) is 4.87. The van der Waals surface area contributed by atoms with Crippen LogP contribution in [0.2, 0.25) is 0 Å². The van der Waals surface area contributed by atoms with Gasteiger partial charge in [0, 0.05) is 20.1 Å². The van der Waals surface area contributed by atoms with E-state index >= 15 is 0 Å². The second-order valence-electron chi connectivity index (χ2n) is 7.92. The fraction of sp³-hybridized carbons (Fsp3) is 0.435. The zero-order chi connectivity index (χ0) is 21.6. The van der Waals surface area contributed by atoms with Crippen molar-refractivity contribution in [1.82, 2.24) is 14.5 Å². The van der Waals surface area contributed by atoms with Crippen molar-refractivity contribution < 1.29 is 13.2 Å². The number of carbonyl (C=O) groups excluding carboxylic acids is 1. The predicted octanol–water partition coefficient (Wildman–Crippen LogP) is 2.92. The van der Waals surface area contributed by atoms with Crippen LogP contribution in [0.4, 0.5) is 0 Å². The van der Waals surface area contributed by atoms with Gasteiger partial charge in [-0.2, -0.15) is 4.31 Å². The van der Waals surface area contributed by atoms with Gasteiger partial charge in [0.15, 0.2) is 0 Å². The summed E-state index contributed by atoms with van der Waals surface area (Å²) < 4.78 is 25.4. The predicted molar refractivity (Wildman–Crippen MR) is 119 cm³/mol. The molecule has 30 heavy (non-hydrogen) atoms. The summed E-state index contributed by atoms with van der Waals surface area (Å²) in [5.74, 6) is -0.332. The molecule has 162 valence electrons. The number of rotatable bonds is 8. The van der Waals surface area contributed by atoms with Gasteiger partial charge in [-0.1, -0.05) is 61.0 Å². The van der Waals surface area contributed by atoms with Crippen molar-refractivity contribution in [2.45, 2.75) is 38.4 Å². The number of carbonyl (C=O) groups is 1. The van der Waals surface area contributed by atoms with Crippen LogP contribution in [-0.2, 0) is 27.9 Å². The van der Waals surface area contributed by atoms with Crippen LogP contribution in [0.15, 0.2) is 54.6 Å². The third-order valence-corrected chi connectivity index (χ3v) is 6.92. The summed E-state index contributed by atoms with van der Waals surface area (Å²) in [7, 11) is -2.10. The Balaban J connectivity index is 1.74. The van der Waals surface area contributed by atoms with Gasteiger partial charge in [-0.25, -0.2) is 8.42 Å². The number of likely N-dealkylation sites (tertiary alicyclic amines) is 1. The van der Waals surface area contributed by atoms with Gasteiger partial charge in [0.05, 0.1) is 6.26 Å². The SMILES string of the molecule is CN(C(C(=O)NCc1ccccc1CN1CCCCC1)c1ccccc1)S(C)(=O)=O. The molecule has 2 aromatic carbocycles. The highest BCUT2D eigenvalue weighted by Gasteiger charge is 2.30. The molecule has 0 bridgehead atoms. The minimum atomic E-state index is -3.54. The van der Waals surface area contributed by atoms with Crippen molar-refractivity contribution in [3.63, 3.8) is 0 Å². The third-order valence-electron chi connectivity index (χ3n) is 5.66. The van der Waals surface area contributed by atoms with E-state index < -0.39 is 16.1 Å². The zero-order valence-electron chi connectivity index (χ0n) is 17.8. The second-order valence-corrected chi connectivity index (χ2v) is 9.96. The molecule has 2 aromatic rings. The summed E-state index contributed by atoms with van der Waals surface area (Å²) in [6, 6.07) is 16.2. The first-order chi connectivity index (χ1) is 14.4. The Bertz CT molecular complexity index is 941. The molecule has 6 nitrogen and oxygen atoms in total. The largest absolute Gasteiger partial charge is 0.350 e. The Morgan fingerprint density at radius 2 is 1.60 bits per heavy atom. The minimum absolute atomic E-state index is 0.332. The van der Waals surface area contributed by atoms with E-state index in [-0.39, 0.29) is 5.91 Å². The highest BCUT2D eigenvalue weighted by Crippen LogP contribution is 2.22. The van der Waals surface area contributed by atoms with Crippen LogP contribution in [0.3, 0.4) is 0 Å². The van der Waals surface area contributed by atoms with E-state index in [2.05, 4.69) is 16.3 Å². The number of hydrogen-bond acceptors (Lipinski definition) is 4. The van der Waals surface area contributed by atoms with E-state index in [1.165, 1.54) is 31.9 Å². The van der Waals surface area contributed by atoms with Gasteiger partial charge < -0.3 is 5.32 Å². The smallest absolute Gasteiger partial charge is 0.243 e. The number of sulfonamides is 1. The molecule has 7 heteroatoms. The quantitative estimate of drug-likeness (QED) is 0.701. The number of nitrogens with one attached hydrogen (secondary N) is 1. The lowest BCUT2D eigenvalue weighted by Gasteiger charge is -2.28. The molecule has 1 fully saturated rings. The number of hydrogen-bond donors (Lipinski definition) is 1. The van der Waals surface area contributed by atoms with E-state index in [0.717, 1.165) is 35.8 Å². The molecule has 1 unspecified atom stereocenters. The molecule has 1 amide bonds. The van der Waals surface area contributed by atoms with Crippen LogP contribution in [-0.4, -0.2) is 49.9 Å². The van der Waals surface area contributed by atoms with Crippen LogP contribution in [0.25, 0.3) is 0 Å². The summed E-state index contributed by atoms with van der Waals surface area (Å²) in [5, 5.41) is 2.96.